The van der Waals surface area contributed by atoms with Crippen LogP contribution in [0, 0.1) is 5.82 Å². The molecule has 0 bridgehead atoms. The number of rotatable bonds is 7. The van der Waals surface area contributed by atoms with Crippen molar-refractivity contribution in [3.8, 4) is 0 Å². The van der Waals surface area contributed by atoms with Gasteiger partial charge in [0, 0.05) is 18.0 Å². The molecule has 0 heterocycles. The summed E-state index contributed by atoms with van der Waals surface area (Å²) in [6.45, 7) is 0.651. The van der Waals surface area contributed by atoms with Gasteiger partial charge in [-0.3, -0.25) is 4.79 Å². The van der Waals surface area contributed by atoms with E-state index in [1.54, 1.807) is 0 Å². The number of halogens is 2. The van der Waals surface area contributed by atoms with Crippen molar-refractivity contribution in [3.63, 3.8) is 0 Å². The first-order valence-electron chi connectivity index (χ1n) is 5.84. The third kappa shape index (κ3) is 5.68. The first kappa shape index (κ1) is 14.0. The number of unbranched alkanes of at least 4 members (excludes halogenated alkanes) is 3. The first-order valence-corrected chi connectivity index (χ1v) is 6.37. The molecule has 0 atom stereocenters. The molecule has 0 spiro atoms. The summed E-state index contributed by atoms with van der Waals surface area (Å²) in [5.41, 5.74) is 0.493. The van der Waals surface area contributed by atoms with Gasteiger partial charge in [0.15, 0.2) is 0 Å². The minimum atomic E-state index is -0.331. The zero-order valence-corrected chi connectivity index (χ0v) is 10.5. The van der Waals surface area contributed by atoms with Gasteiger partial charge in [-0.25, -0.2) is 4.39 Å². The SMILES string of the molecule is O=C(NCCCCCCCl)c1ccc(F)cc1. The van der Waals surface area contributed by atoms with Crippen LogP contribution in [0.5, 0.6) is 0 Å². The number of carbonyl (C=O) groups is 1. The number of alkyl halides is 1. The number of carbonyl (C=O) groups excluding carboxylic acids is 1. The minimum absolute atomic E-state index is 0.151. The van der Waals surface area contributed by atoms with Gasteiger partial charge >= 0.3 is 0 Å². The van der Waals surface area contributed by atoms with E-state index in [-0.39, 0.29) is 11.7 Å². The fraction of sp³-hybridized carbons (Fsp3) is 0.462. The van der Waals surface area contributed by atoms with Gasteiger partial charge in [0.1, 0.15) is 5.82 Å². The van der Waals surface area contributed by atoms with Crippen molar-refractivity contribution in [3.05, 3.63) is 35.6 Å². The van der Waals surface area contributed by atoms with E-state index in [0.29, 0.717) is 18.0 Å². The molecule has 0 saturated carbocycles. The molecule has 1 rings (SSSR count). The highest BCUT2D eigenvalue weighted by molar-refractivity contribution is 6.17. The Morgan fingerprint density at radius 1 is 1.12 bits per heavy atom. The first-order chi connectivity index (χ1) is 8.24. The van der Waals surface area contributed by atoms with Gasteiger partial charge < -0.3 is 5.32 Å². The molecule has 1 aromatic rings. The Labute approximate surface area is 106 Å². The van der Waals surface area contributed by atoms with E-state index in [2.05, 4.69) is 5.32 Å². The molecule has 0 aromatic heterocycles. The molecule has 0 aliphatic rings. The van der Waals surface area contributed by atoms with Gasteiger partial charge in [-0.2, -0.15) is 0 Å². The van der Waals surface area contributed by atoms with Gasteiger partial charge in [-0.05, 0) is 37.1 Å². The van der Waals surface area contributed by atoms with Gasteiger partial charge in [0.05, 0.1) is 0 Å². The van der Waals surface area contributed by atoms with Crippen molar-refractivity contribution in [2.24, 2.45) is 0 Å². The second kappa shape index (κ2) is 8.07. The molecular formula is C13H17ClFNO. The lowest BCUT2D eigenvalue weighted by atomic mass is 10.2. The maximum absolute atomic E-state index is 12.6. The zero-order valence-electron chi connectivity index (χ0n) is 9.72. The largest absolute Gasteiger partial charge is 0.352 e. The lowest BCUT2D eigenvalue weighted by molar-refractivity contribution is 0.0953. The highest BCUT2D eigenvalue weighted by Crippen LogP contribution is 2.03. The number of hydrogen-bond donors (Lipinski definition) is 1. The predicted octanol–water partition coefficient (Wildman–Crippen LogP) is 3.35. The monoisotopic (exact) mass is 257 g/mol. The quantitative estimate of drug-likeness (QED) is 0.589. The third-order valence-electron chi connectivity index (χ3n) is 2.45. The van der Waals surface area contributed by atoms with Crippen LogP contribution in [0.4, 0.5) is 4.39 Å². The maximum Gasteiger partial charge on any atom is 0.251 e. The van der Waals surface area contributed by atoms with Gasteiger partial charge in [0.2, 0.25) is 0 Å². The van der Waals surface area contributed by atoms with Gasteiger partial charge in [0.25, 0.3) is 5.91 Å². The fourth-order valence-electron chi connectivity index (χ4n) is 1.48. The Morgan fingerprint density at radius 2 is 1.76 bits per heavy atom. The number of hydrogen-bond acceptors (Lipinski definition) is 1. The third-order valence-corrected chi connectivity index (χ3v) is 2.72. The van der Waals surface area contributed by atoms with Gasteiger partial charge in [-0.1, -0.05) is 12.8 Å². The van der Waals surface area contributed by atoms with E-state index in [1.807, 2.05) is 0 Å². The fourth-order valence-corrected chi connectivity index (χ4v) is 1.67. The van der Waals surface area contributed by atoms with Crippen LogP contribution in [-0.4, -0.2) is 18.3 Å². The normalized spacial score (nSPS) is 10.2. The molecule has 2 nitrogen and oxygen atoms in total. The van der Waals surface area contributed by atoms with Crippen molar-refractivity contribution in [2.45, 2.75) is 25.7 Å². The molecule has 4 heteroatoms. The molecule has 0 unspecified atom stereocenters. The number of nitrogens with one attached hydrogen (secondary N) is 1. The summed E-state index contributed by atoms with van der Waals surface area (Å²) in [5.74, 6) is 0.215. The van der Waals surface area contributed by atoms with Gasteiger partial charge in [-0.15, -0.1) is 11.6 Å². The zero-order chi connectivity index (χ0) is 12.5. The predicted molar refractivity (Wildman–Crippen MR) is 67.9 cm³/mol. The van der Waals surface area contributed by atoms with Crippen molar-refractivity contribution < 1.29 is 9.18 Å². The summed E-state index contributed by atoms with van der Waals surface area (Å²) in [5, 5.41) is 2.80. The summed E-state index contributed by atoms with van der Waals surface area (Å²) in [6.07, 6.45) is 4.13. The Bertz CT molecular complexity index is 340. The average molecular weight is 258 g/mol. The molecule has 0 aliphatic heterocycles. The van der Waals surface area contributed by atoms with E-state index in [9.17, 15) is 9.18 Å². The highest BCUT2D eigenvalue weighted by atomic mass is 35.5. The van der Waals surface area contributed by atoms with Crippen LogP contribution in [-0.2, 0) is 0 Å². The summed E-state index contributed by atoms with van der Waals surface area (Å²) in [7, 11) is 0. The van der Waals surface area contributed by atoms with Crippen LogP contribution in [0.15, 0.2) is 24.3 Å². The van der Waals surface area contributed by atoms with Crippen LogP contribution in [0.2, 0.25) is 0 Å². The summed E-state index contributed by atoms with van der Waals surface area (Å²) >= 11 is 5.56. The van der Waals surface area contributed by atoms with Crippen LogP contribution in [0.3, 0.4) is 0 Å². The molecule has 94 valence electrons. The molecule has 0 fully saturated rings. The molecule has 1 amide bonds. The van der Waals surface area contributed by atoms with Crippen molar-refractivity contribution in [1.29, 1.82) is 0 Å². The highest BCUT2D eigenvalue weighted by Gasteiger charge is 2.03. The van der Waals surface area contributed by atoms with E-state index in [4.69, 9.17) is 11.6 Å². The molecular weight excluding hydrogens is 241 g/mol. The molecule has 0 radical (unpaired) electrons. The second-order valence-corrected chi connectivity index (χ2v) is 4.24. The second-order valence-electron chi connectivity index (χ2n) is 3.87. The molecule has 0 saturated heterocycles. The van der Waals surface area contributed by atoms with Crippen LogP contribution in [0.25, 0.3) is 0 Å². The molecule has 17 heavy (non-hydrogen) atoms. The number of amides is 1. The number of benzene rings is 1. The van der Waals surface area contributed by atoms with Crippen LogP contribution >= 0.6 is 11.6 Å². The summed E-state index contributed by atoms with van der Waals surface area (Å²) < 4.78 is 12.6. The maximum atomic E-state index is 12.6. The van der Waals surface area contributed by atoms with Crippen LogP contribution in [0.1, 0.15) is 36.0 Å². The van der Waals surface area contributed by atoms with Crippen LogP contribution < -0.4 is 5.32 Å². The van der Waals surface area contributed by atoms with E-state index >= 15 is 0 Å². The van der Waals surface area contributed by atoms with Crippen molar-refractivity contribution in [2.75, 3.05) is 12.4 Å². The standard InChI is InChI=1S/C13H17ClFNO/c14-9-3-1-2-4-10-16-13(17)11-5-7-12(15)8-6-11/h5-8H,1-4,9-10H2,(H,16,17). The van der Waals surface area contributed by atoms with E-state index in [1.165, 1.54) is 24.3 Å². The summed E-state index contributed by atoms with van der Waals surface area (Å²) in [4.78, 5) is 11.6. The Morgan fingerprint density at radius 3 is 2.41 bits per heavy atom. The van der Waals surface area contributed by atoms with Crippen molar-refractivity contribution in [1.82, 2.24) is 5.32 Å². The lowest BCUT2D eigenvalue weighted by Gasteiger charge is -2.04. The molecule has 1 N–H and O–H groups in total. The smallest absolute Gasteiger partial charge is 0.251 e. The Kier molecular flexibility index (Phi) is 6.63. The Balaban J connectivity index is 2.19. The molecule has 0 aliphatic carbocycles. The molecule has 1 aromatic carbocycles. The average Bonchev–Trinajstić information content (AvgIpc) is 2.34. The topological polar surface area (TPSA) is 29.1 Å². The van der Waals surface area contributed by atoms with Crippen molar-refractivity contribution >= 4 is 17.5 Å². The minimum Gasteiger partial charge on any atom is -0.352 e. The summed E-state index contributed by atoms with van der Waals surface area (Å²) in [6, 6.07) is 5.54. The Hall–Kier alpha value is -1.09. The van der Waals surface area contributed by atoms with E-state index < -0.39 is 0 Å². The lowest BCUT2D eigenvalue weighted by Crippen LogP contribution is -2.24. The van der Waals surface area contributed by atoms with E-state index in [0.717, 1.165) is 25.7 Å².